The van der Waals surface area contributed by atoms with Crippen molar-refractivity contribution < 1.29 is 13.2 Å². The minimum absolute atomic E-state index is 0.0975. The van der Waals surface area contributed by atoms with E-state index >= 15 is 0 Å². The van der Waals surface area contributed by atoms with Gasteiger partial charge >= 0.3 is 6.18 Å². The van der Waals surface area contributed by atoms with E-state index in [2.05, 4.69) is 29.0 Å². The highest BCUT2D eigenvalue weighted by Crippen LogP contribution is 2.39. The van der Waals surface area contributed by atoms with Crippen molar-refractivity contribution in [3.05, 3.63) is 71.9 Å². The van der Waals surface area contributed by atoms with Crippen LogP contribution in [0, 0.1) is 0 Å². The van der Waals surface area contributed by atoms with E-state index in [1.54, 1.807) is 24.3 Å². The molecule has 3 rings (SSSR count). The van der Waals surface area contributed by atoms with Gasteiger partial charge in [0.05, 0.1) is 0 Å². The van der Waals surface area contributed by atoms with Gasteiger partial charge in [0, 0.05) is 23.3 Å². The van der Waals surface area contributed by atoms with Gasteiger partial charge in [-0.05, 0) is 49.6 Å². The molecule has 3 nitrogen and oxygen atoms in total. The maximum absolute atomic E-state index is 13.6. The Morgan fingerprint density at radius 2 is 1.62 bits per heavy atom. The molecular formula is C25H28F3N3S. The molecule has 0 spiro atoms. The van der Waals surface area contributed by atoms with Crippen LogP contribution in [-0.2, 0) is 12.6 Å². The minimum atomic E-state index is -4.52. The molecule has 2 aromatic carbocycles. The van der Waals surface area contributed by atoms with E-state index in [1.807, 2.05) is 30.0 Å². The molecule has 7 heteroatoms. The number of hydrogen-bond donors (Lipinski definition) is 0. The van der Waals surface area contributed by atoms with Crippen molar-refractivity contribution in [2.75, 3.05) is 11.4 Å². The molecular weight excluding hydrogens is 431 g/mol. The second-order valence-electron chi connectivity index (χ2n) is 7.52. The summed E-state index contributed by atoms with van der Waals surface area (Å²) in [6, 6.07) is 17.1. The molecule has 0 fully saturated rings. The summed E-state index contributed by atoms with van der Waals surface area (Å²) >= 11 is 0.996. The monoisotopic (exact) mass is 459 g/mol. The zero-order valence-electron chi connectivity index (χ0n) is 18.4. The van der Waals surface area contributed by atoms with Gasteiger partial charge in [-0.3, -0.25) is 0 Å². The average Bonchev–Trinajstić information content (AvgIpc) is 2.78. The highest BCUT2D eigenvalue weighted by molar-refractivity contribution is 7.99. The number of halogens is 3. The molecule has 3 aromatic rings. The Labute approximate surface area is 192 Å². The standard InChI is InChI=1S/C25H28F3N3S/c1-3-5-6-8-11-19-14-16-20(17-15-19)31(4-2)24-29-18-22(25(26,27)28)23(30-24)32-21-12-9-7-10-13-21/h7,9-10,12-18H,3-6,8,11H2,1-2H3. The van der Waals surface area contributed by atoms with E-state index in [1.165, 1.54) is 24.8 Å². The third-order valence-electron chi connectivity index (χ3n) is 5.13. The zero-order chi connectivity index (χ0) is 23.0. The predicted molar refractivity (Wildman–Crippen MR) is 125 cm³/mol. The van der Waals surface area contributed by atoms with Crippen LogP contribution in [0.4, 0.5) is 24.8 Å². The Bertz CT molecular complexity index is 976. The number of aryl methyl sites for hydroxylation is 1. The predicted octanol–water partition coefficient (Wildman–Crippen LogP) is 7.93. The number of rotatable bonds is 10. The maximum atomic E-state index is 13.6. The van der Waals surface area contributed by atoms with Gasteiger partial charge in [-0.1, -0.05) is 68.3 Å². The van der Waals surface area contributed by atoms with Crippen molar-refractivity contribution in [2.24, 2.45) is 0 Å². The SMILES string of the molecule is CCCCCCc1ccc(N(CC)c2ncc(C(F)(F)F)c(Sc3ccccc3)n2)cc1. The van der Waals surface area contributed by atoms with Gasteiger partial charge in [0.15, 0.2) is 0 Å². The molecule has 1 aromatic heterocycles. The molecule has 1 heterocycles. The molecule has 0 radical (unpaired) electrons. The highest BCUT2D eigenvalue weighted by atomic mass is 32.2. The number of nitrogens with zero attached hydrogens (tertiary/aromatic N) is 3. The second kappa shape index (κ2) is 11.4. The van der Waals surface area contributed by atoms with Crippen molar-refractivity contribution in [1.82, 2.24) is 9.97 Å². The van der Waals surface area contributed by atoms with Crippen molar-refractivity contribution in [1.29, 1.82) is 0 Å². The lowest BCUT2D eigenvalue weighted by atomic mass is 10.1. The molecule has 170 valence electrons. The fourth-order valence-electron chi connectivity index (χ4n) is 3.40. The third kappa shape index (κ3) is 6.48. The van der Waals surface area contributed by atoms with Crippen molar-refractivity contribution in [2.45, 2.75) is 62.0 Å². The third-order valence-corrected chi connectivity index (χ3v) is 6.14. The van der Waals surface area contributed by atoms with Gasteiger partial charge in [-0.2, -0.15) is 13.2 Å². The summed E-state index contributed by atoms with van der Waals surface area (Å²) < 4.78 is 40.7. The minimum Gasteiger partial charge on any atom is -0.311 e. The number of hydrogen-bond acceptors (Lipinski definition) is 4. The summed E-state index contributed by atoms with van der Waals surface area (Å²) in [7, 11) is 0. The molecule has 0 atom stereocenters. The number of unbranched alkanes of at least 4 members (excludes halogenated alkanes) is 3. The van der Waals surface area contributed by atoms with Crippen LogP contribution in [0.1, 0.15) is 50.7 Å². The first kappa shape index (κ1) is 24.1. The van der Waals surface area contributed by atoms with E-state index in [0.29, 0.717) is 11.4 Å². The van der Waals surface area contributed by atoms with Crippen LogP contribution in [0.15, 0.2) is 70.7 Å². The van der Waals surface area contributed by atoms with Crippen LogP contribution in [0.5, 0.6) is 0 Å². The normalized spacial score (nSPS) is 11.5. The van der Waals surface area contributed by atoms with Crippen LogP contribution in [0.3, 0.4) is 0 Å². The van der Waals surface area contributed by atoms with Crippen molar-refractivity contribution >= 4 is 23.4 Å². The van der Waals surface area contributed by atoms with E-state index < -0.39 is 11.7 Å². The van der Waals surface area contributed by atoms with Gasteiger partial charge in [0.25, 0.3) is 0 Å². The molecule has 0 N–H and O–H groups in total. The number of alkyl halides is 3. The van der Waals surface area contributed by atoms with Gasteiger partial charge in [-0.15, -0.1) is 0 Å². The highest BCUT2D eigenvalue weighted by Gasteiger charge is 2.35. The van der Waals surface area contributed by atoms with E-state index in [4.69, 9.17) is 0 Å². The van der Waals surface area contributed by atoms with Crippen LogP contribution in [0.2, 0.25) is 0 Å². The van der Waals surface area contributed by atoms with Crippen LogP contribution in [-0.4, -0.2) is 16.5 Å². The Balaban J connectivity index is 1.85. The first-order chi connectivity index (χ1) is 15.4. The molecule has 0 aliphatic carbocycles. The molecule has 0 amide bonds. The summed E-state index contributed by atoms with van der Waals surface area (Å²) in [5.41, 5.74) is 1.29. The van der Waals surface area contributed by atoms with Crippen molar-refractivity contribution in [3.63, 3.8) is 0 Å². The van der Waals surface area contributed by atoms with Gasteiger partial charge in [0.2, 0.25) is 5.95 Å². The van der Waals surface area contributed by atoms with Gasteiger partial charge in [-0.25, -0.2) is 9.97 Å². The Morgan fingerprint density at radius 1 is 0.906 bits per heavy atom. The fraction of sp³-hybridized carbons (Fsp3) is 0.360. The van der Waals surface area contributed by atoms with E-state index in [0.717, 1.165) is 36.5 Å². The molecule has 0 saturated carbocycles. The fourth-order valence-corrected chi connectivity index (χ4v) is 4.32. The number of anilines is 2. The van der Waals surface area contributed by atoms with Gasteiger partial charge < -0.3 is 4.90 Å². The van der Waals surface area contributed by atoms with Gasteiger partial charge in [0.1, 0.15) is 10.6 Å². The zero-order valence-corrected chi connectivity index (χ0v) is 19.2. The second-order valence-corrected chi connectivity index (χ2v) is 8.59. The summed E-state index contributed by atoms with van der Waals surface area (Å²) in [5, 5.41) is -0.0975. The maximum Gasteiger partial charge on any atom is 0.420 e. The van der Waals surface area contributed by atoms with Crippen LogP contribution < -0.4 is 4.90 Å². The topological polar surface area (TPSA) is 29.0 Å². The lowest BCUT2D eigenvalue weighted by Gasteiger charge is -2.22. The average molecular weight is 460 g/mol. The molecule has 0 aliphatic heterocycles. The van der Waals surface area contributed by atoms with E-state index in [-0.39, 0.29) is 11.0 Å². The summed E-state index contributed by atoms with van der Waals surface area (Å²) in [5.74, 6) is 0.259. The van der Waals surface area contributed by atoms with Crippen molar-refractivity contribution in [3.8, 4) is 0 Å². The largest absolute Gasteiger partial charge is 0.420 e. The summed E-state index contributed by atoms with van der Waals surface area (Å²) in [6.45, 7) is 4.67. The summed E-state index contributed by atoms with van der Waals surface area (Å²) in [4.78, 5) is 10.9. The first-order valence-electron chi connectivity index (χ1n) is 11.0. The molecule has 0 aliphatic rings. The molecule has 0 bridgehead atoms. The molecule has 0 saturated heterocycles. The number of aromatic nitrogens is 2. The Hall–Kier alpha value is -2.54. The van der Waals surface area contributed by atoms with Crippen LogP contribution >= 0.6 is 11.8 Å². The number of benzene rings is 2. The molecule has 32 heavy (non-hydrogen) atoms. The Morgan fingerprint density at radius 3 is 2.25 bits per heavy atom. The molecule has 0 unspecified atom stereocenters. The smallest absolute Gasteiger partial charge is 0.311 e. The van der Waals surface area contributed by atoms with Crippen LogP contribution in [0.25, 0.3) is 0 Å². The lowest BCUT2D eigenvalue weighted by Crippen LogP contribution is -2.20. The summed E-state index contributed by atoms with van der Waals surface area (Å²) in [6.07, 6.45) is 2.23. The quantitative estimate of drug-likeness (QED) is 0.227. The lowest BCUT2D eigenvalue weighted by molar-refractivity contribution is -0.140. The van der Waals surface area contributed by atoms with E-state index in [9.17, 15) is 13.2 Å². The first-order valence-corrected chi connectivity index (χ1v) is 11.8. The Kier molecular flexibility index (Phi) is 8.56.